The predicted molar refractivity (Wildman–Crippen MR) is 127 cm³/mol. The van der Waals surface area contributed by atoms with Crippen LogP contribution in [-0.2, 0) is 11.3 Å². The van der Waals surface area contributed by atoms with E-state index in [1.54, 1.807) is 18.2 Å². The van der Waals surface area contributed by atoms with Gasteiger partial charge in [-0.25, -0.2) is 0 Å². The van der Waals surface area contributed by atoms with Crippen molar-refractivity contribution in [3.63, 3.8) is 0 Å². The number of carbonyl (C=O) groups excluding carboxylic acids is 1. The lowest BCUT2D eigenvalue weighted by Gasteiger charge is -2.12. The molecule has 0 aliphatic heterocycles. The number of ether oxygens (including phenoxy) is 2. The zero-order valence-corrected chi connectivity index (χ0v) is 18.8. The summed E-state index contributed by atoms with van der Waals surface area (Å²) in [6, 6.07) is 18.4. The fourth-order valence-electron chi connectivity index (χ4n) is 3.47. The highest BCUT2D eigenvalue weighted by Gasteiger charge is 2.13. The van der Waals surface area contributed by atoms with Crippen LogP contribution in [0.4, 0.5) is 0 Å². The van der Waals surface area contributed by atoms with E-state index in [0.717, 1.165) is 22.3 Å². The van der Waals surface area contributed by atoms with E-state index >= 15 is 0 Å². The molecular weight excluding hydrogens is 418 g/mol. The van der Waals surface area contributed by atoms with Crippen molar-refractivity contribution in [1.82, 2.24) is 5.32 Å². The molecular formula is C27H25NO5. The summed E-state index contributed by atoms with van der Waals surface area (Å²) >= 11 is 0. The van der Waals surface area contributed by atoms with Gasteiger partial charge in [-0.15, -0.1) is 0 Å². The average molecular weight is 443 g/mol. The molecule has 0 saturated heterocycles. The zero-order chi connectivity index (χ0) is 23.4. The van der Waals surface area contributed by atoms with Crippen LogP contribution in [-0.4, -0.2) is 12.5 Å². The molecule has 0 bridgehead atoms. The molecule has 6 heteroatoms. The molecule has 4 rings (SSSR count). The molecule has 0 fully saturated rings. The molecule has 0 atom stereocenters. The van der Waals surface area contributed by atoms with E-state index in [2.05, 4.69) is 11.4 Å². The molecule has 33 heavy (non-hydrogen) atoms. The molecule has 1 amide bonds. The summed E-state index contributed by atoms with van der Waals surface area (Å²) in [5, 5.41) is 3.18. The SMILES string of the molecule is Cc1cc(C)c(C)c(Oc2coc3cc(OCC(=O)NCc4ccccc4)ccc3c2=O)c1. The molecule has 0 unspecified atom stereocenters. The van der Waals surface area contributed by atoms with Crippen LogP contribution in [0.2, 0.25) is 0 Å². The lowest BCUT2D eigenvalue weighted by atomic mass is 10.1. The Labute approximate surface area is 191 Å². The van der Waals surface area contributed by atoms with Crippen molar-refractivity contribution in [3.05, 3.63) is 99.4 Å². The Balaban J connectivity index is 1.44. The van der Waals surface area contributed by atoms with E-state index in [1.165, 1.54) is 6.26 Å². The molecule has 0 saturated carbocycles. The van der Waals surface area contributed by atoms with Gasteiger partial charge >= 0.3 is 0 Å². The number of nitrogens with one attached hydrogen (secondary N) is 1. The lowest BCUT2D eigenvalue weighted by Crippen LogP contribution is -2.28. The molecule has 1 heterocycles. The Morgan fingerprint density at radius 1 is 0.970 bits per heavy atom. The Morgan fingerprint density at radius 2 is 1.76 bits per heavy atom. The van der Waals surface area contributed by atoms with Crippen LogP contribution in [0.3, 0.4) is 0 Å². The molecule has 0 aliphatic rings. The van der Waals surface area contributed by atoms with Crippen LogP contribution in [0.5, 0.6) is 17.2 Å². The Morgan fingerprint density at radius 3 is 2.55 bits per heavy atom. The molecule has 168 valence electrons. The van der Waals surface area contributed by atoms with Crippen LogP contribution in [0.25, 0.3) is 11.0 Å². The average Bonchev–Trinajstić information content (AvgIpc) is 2.82. The molecule has 1 aromatic heterocycles. The highest BCUT2D eigenvalue weighted by atomic mass is 16.5. The van der Waals surface area contributed by atoms with Gasteiger partial charge < -0.3 is 19.2 Å². The molecule has 4 aromatic rings. The first-order valence-corrected chi connectivity index (χ1v) is 10.7. The van der Waals surface area contributed by atoms with Gasteiger partial charge in [-0.2, -0.15) is 0 Å². The number of aryl methyl sites for hydroxylation is 2. The van der Waals surface area contributed by atoms with Crippen molar-refractivity contribution in [3.8, 4) is 17.2 Å². The fraction of sp³-hybridized carbons (Fsp3) is 0.185. The van der Waals surface area contributed by atoms with E-state index in [0.29, 0.717) is 29.0 Å². The van der Waals surface area contributed by atoms with E-state index < -0.39 is 0 Å². The summed E-state index contributed by atoms with van der Waals surface area (Å²) < 4.78 is 17.1. The number of hydrogen-bond acceptors (Lipinski definition) is 5. The maximum Gasteiger partial charge on any atom is 0.258 e. The zero-order valence-electron chi connectivity index (χ0n) is 18.8. The number of fused-ring (bicyclic) bond motifs is 1. The molecule has 6 nitrogen and oxygen atoms in total. The van der Waals surface area contributed by atoms with Crippen molar-refractivity contribution < 1.29 is 18.7 Å². The molecule has 3 aromatic carbocycles. The second-order valence-corrected chi connectivity index (χ2v) is 7.95. The monoisotopic (exact) mass is 443 g/mol. The lowest BCUT2D eigenvalue weighted by molar-refractivity contribution is -0.123. The third-order valence-electron chi connectivity index (χ3n) is 5.40. The minimum Gasteiger partial charge on any atom is -0.484 e. The number of rotatable bonds is 7. The van der Waals surface area contributed by atoms with Gasteiger partial charge in [-0.3, -0.25) is 9.59 Å². The van der Waals surface area contributed by atoms with Gasteiger partial charge in [0.25, 0.3) is 5.91 Å². The minimum atomic E-state index is -0.276. The van der Waals surface area contributed by atoms with Gasteiger partial charge in [0.15, 0.2) is 6.61 Å². The molecule has 0 radical (unpaired) electrons. The third-order valence-corrected chi connectivity index (χ3v) is 5.40. The summed E-state index contributed by atoms with van der Waals surface area (Å²) in [6.45, 7) is 6.22. The third kappa shape index (κ3) is 5.23. The summed E-state index contributed by atoms with van der Waals surface area (Å²) in [6.07, 6.45) is 1.30. The Kier molecular flexibility index (Phi) is 6.45. The van der Waals surface area contributed by atoms with Crippen LogP contribution in [0.1, 0.15) is 22.3 Å². The van der Waals surface area contributed by atoms with Crippen LogP contribution in [0, 0.1) is 20.8 Å². The first-order valence-electron chi connectivity index (χ1n) is 10.7. The molecule has 0 aliphatic carbocycles. The van der Waals surface area contributed by atoms with E-state index in [4.69, 9.17) is 13.9 Å². The Bertz CT molecular complexity index is 1360. The maximum atomic E-state index is 12.9. The highest BCUT2D eigenvalue weighted by molar-refractivity contribution is 5.80. The van der Waals surface area contributed by atoms with E-state index in [1.807, 2.05) is 57.2 Å². The smallest absolute Gasteiger partial charge is 0.258 e. The van der Waals surface area contributed by atoms with Crippen molar-refractivity contribution in [1.29, 1.82) is 0 Å². The topological polar surface area (TPSA) is 77.8 Å². The summed E-state index contributed by atoms with van der Waals surface area (Å²) in [7, 11) is 0. The van der Waals surface area contributed by atoms with Crippen molar-refractivity contribution in [2.45, 2.75) is 27.3 Å². The number of amides is 1. The quantitative estimate of drug-likeness (QED) is 0.424. The van der Waals surface area contributed by atoms with Crippen molar-refractivity contribution in [2.24, 2.45) is 0 Å². The maximum absolute atomic E-state index is 12.9. The van der Waals surface area contributed by atoms with E-state index in [9.17, 15) is 9.59 Å². The van der Waals surface area contributed by atoms with Gasteiger partial charge in [0.05, 0.1) is 5.39 Å². The van der Waals surface area contributed by atoms with Crippen LogP contribution in [0.15, 0.2) is 76.1 Å². The number of benzene rings is 3. The van der Waals surface area contributed by atoms with Gasteiger partial charge in [0, 0.05) is 12.6 Å². The van der Waals surface area contributed by atoms with Crippen LogP contribution < -0.4 is 20.2 Å². The second kappa shape index (κ2) is 9.61. The highest BCUT2D eigenvalue weighted by Crippen LogP contribution is 2.28. The Hall–Kier alpha value is -4.06. The van der Waals surface area contributed by atoms with Crippen molar-refractivity contribution in [2.75, 3.05) is 6.61 Å². The fourth-order valence-corrected chi connectivity index (χ4v) is 3.47. The number of hydrogen-bond donors (Lipinski definition) is 1. The van der Waals surface area contributed by atoms with Crippen molar-refractivity contribution >= 4 is 16.9 Å². The van der Waals surface area contributed by atoms with E-state index in [-0.39, 0.29) is 23.7 Å². The molecule has 1 N–H and O–H groups in total. The van der Waals surface area contributed by atoms with Gasteiger partial charge in [0.2, 0.25) is 11.2 Å². The van der Waals surface area contributed by atoms with Gasteiger partial charge in [-0.1, -0.05) is 36.4 Å². The minimum absolute atomic E-state index is 0.115. The van der Waals surface area contributed by atoms with Gasteiger partial charge in [-0.05, 0) is 61.2 Å². The van der Waals surface area contributed by atoms with Crippen LogP contribution >= 0.6 is 0 Å². The number of carbonyl (C=O) groups is 1. The standard InChI is InChI=1S/C27H25NO5/c1-17-11-18(2)19(3)23(12-17)33-25-15-32-24-13-21(9-10-22(24)27(25)30)31-16-26(29)28-14-20-7-5-4-6-8-20/h4-13,15H,14,16H2,1-3H3,(H,28,29). The predicted octanol–water partition coefficient (Wildman–Crippen LogP) is 5.21. The first-order chi connectivity index (χ1) is 15.9. The first kappa shape index (κ1) is 22.1. The van der Waals surface area contributed by atoms with Gasteiger partial charge in [0.1, 0.15) is 23.3 Å². The normalized spacial score (nSPS) is 10.8. The summed E-state index contributed by atoms with van der Waals surface area (Å²) in [4.78, 5) is 25.0. The summed E-state index contributed by atoms with van der Waals surface area (Å²) in [5.74, 6) is 0.928. The second-order valence-electron chi connectivity index (χ2n) is 7.95. The largest absolute Gasteiger partial charge is 0.484 e. The molecule has 0 spiro atoms. The summed E-state index contributed by atoms with van der Waals surface area (Å²) in [5.41, 5.74) is 4.19.